The number of nitrogens with zero attached hydrogens (tertiary/aromatic N) is 1. The summed E-state index contributed by atoms with van der Waals surface area (Å²) < 4.78 is 0. The summed E-state index contributed by atoms with van der Waals surface area (Å²) in [4.78, 5) is 38.5. The lowest BCUT2D eigenvalue weighted by Crippen LogP contribution is -2.34. The molecule has 1 N–H and O–H groups in total. The van der Waals surface area contributed by atoms with Crippen LogP contribution < -0.4 is 5.32 Å². The molecule has 5 heteroatoms. The first-order chi connectivity index (χ1) is 11.9. The minimum atomic E-state index is -0.162. The summed E-state index contributed by atoms with van der Waals surface area (Å²) in [7, 11) is 0. The Morgan fingerprint density at radius 2 is 1.56 bits per heavy atom. The summed E-state index contributed by atoms with van der Waals surface area (Å²) in [5.41, 5.74) is 4.02. The van der Waals surface area contributed by atoms with Crippen molar-refractivity contribution in [1.29, 1.82) is 0 Å². The number of benzene rings is 1. The molecule has 1 saturated carbocycles. The second-order valence-electron chi connectivity index (χ2n) is 7.40. The van der Waals surface area contributed by atoms with E-state index in [-0.39, 0.29) is 42.5 Å². The van der Waals surface area contributed by atoms with Gasteiger partial charge in [-0.3, -0.25) is 19.3 Å². The van der Waals surface area contributed by atoms with E-state index in [1.165, 1.54) is 4.90 Å². The molecule has 2 fully saturated rings. The van der Waals surface area contributed by atoms with Gasteiger partial charge in [0.25, 0.3) is 0 Å². The lowest BCUT2D eigenvalue weighted by molar-refractivity contribution is -0.140. The first-order valence-corrected chi connectivity index (χ1v) is 9.11. The summed E-state index contributed by atoms with van der Waals surface area (Å²) in [6.07, 6.45) is 3.78. The highest BCUT2D eigenvalue weighted by Gasteiger charge is 2.47. The van der Waals surface area contributed by atoms with E-state index in [1.54, 1.807) is 0 Å². The minimum Gasteiger partial charge on any atom is -0.326 e. The average molecular weight is 342 g/mol. The van der Waals surface area contributed by atoms with Crippen LogP contribution in [0.4, 0.5) is 5.69 Å². The summed E-state index contributed by atoms with van der Waals surface area (Å²) in [5.74, 6) is -0.613. The molecule has 1 aromatic rings. The van der Waals surface area contributed by atoms with Gasteiger partial charge in [-0.1, -0.05) is 30.5 Å². The number of hydrogen-bond acceptors (Lipinski definition) is 3. The van der Waals surface area contributed by atoms with Gasteiger partial charge >= 0.3 is 0 Å². The maximum atomic E-state index is 12.4. The average Bonchev–Trinajstić information content (AvgIpc) is 2.81. The second-order valence-corrected chi connectivity index (χ2v) is 7.40. The van der Waals surface area contributed by atoms with Crippen molar-refractivity contribution in [1.82, 2.24) is 4.90 Å². The van der Waals surface area contributed by atoms with Gasteiger partial charge in [-0.05, 0) is 44.7 Å². The molecule has 2 atom stereocenters. The molecule has 1 saturated heterocycles. The third-order valence-corrected chi connectivity index (χ3v) is 5.44. The van der Waals surface area contributed by atoms with Crippen LogP contribution in [0, 0.1) is 32.6 Å². The van der Waals surface area contributed by atoms with Crippen molar-refractivity contribution in [3.05, 3.63) is 28.8 Å². The molecular formula is C20H26N2O3. The van der Waals surface area contributed by atoms with Gasteiger partial charge in [0.1, 0.15) is 0 Å². The maximum absolute atomic E-state index is 12.4. The third-order valence-electron chi connectivity index (χ3n) is 5.44. The van der Waals surface area contributed by atoms with Crippen molar-refractivity contribution in [3.63, 3.8) is 0 Å². The zero-order valence-electron chi connectivity index (χ0n) is 15.2. The predicted octanol–water partition coefficient (Wildman–Crippen LogP) is 3.12. The molecule has 0 bridgehead atoms. The molecule has 134 valence electrons. The number of fused-ring (bicyclic) bond motifs is 1. The highest BCUT2D eigenvalue weighted by Crippen LogP contribution is 2.38. The van der Waals surface area contributed by atoms with Gasteiger partial charge in [-0.2, -0.15) is 0 Å². The topological polar surface area (TPSA) is 66.5 Å². The minimum absolute atomic E-state index is 0.0785. The van der Waals surface area contributed by atoms with E-state index in [0.29, 0.717) is 0 Å². The normalized spacial score (nSPS) is 22.9. The van der Waals surface area contributed by atoms with Gasteiger partial charge in [0.2, 0.25) is 17.7 Å². The fourth-order valence-corrected chi connectivity index (χ4v) is 4.24. The van der Waals surface area contributed by atoms with E-state index in [0.717, 1.165) is 48.1 Å². The number of likely N-dealkylation sites (tertiary alicyclic amines) is 1. The zero-order valence-corrected chi connectivity index (χ0v) is 15.2. The number of hydrogen-bond donors (Lipinski definition) is 1. The Morgan fingerprint density at radius 3 is 2.08 bits per heavy atom. The van der Waals surface area contributed by atoms with E-state index in [4.69, 9.17) is 0 Å². The molecule has 1 aromatic carbocycles. The third kappa shape index (κ3) is 3.46. The van der Waals surface area contributed by atoms with Crippen LogP contribution in [0.25, 0.3) is 0 Å². The van der Waals surface area contributed by atoms with Crippen LogP contribution in [-0.4, -0.2) is 29.2 Å². The summed E-state index contributed by atoms with van der Waals surface area (Å²) in [5, 5.41) is 2.93. The SMILES string of the molecule is Cc1cc(C)c(NC(=O)CCN2C(=O)[C@H]3CCCC[C@H]3C2=O)c(C)c1. The van der Waals surface area contributed by atoms with Crippen molar-refractivity contribution in [2.75, 3.05) is 11.9 Å². The number of amides is 3. The lowest BCUT2D eigenvalue weighted by Gasteiger charge is -2.19. The molecule has 1 heterocycles. The standard InChI is InChI=1S/C20H26N2O3/c1-12-10-13(2)18(14(3)11-12)21-17(23)8-9-22-19(24)15-6-4-5-7-16(15)20(22)25/h10-11,15-16H,4-9H2,1-3H3,(H,21,23)/t15-,16+. The number of nitrogens with one attached hydrogen (secondary N) is 1. The molecule has 5 nitrogen and oxygen atoms in total. The number of carbonyl (C=O) groups is 3. The number of carbonyl (C=O) groups excluding carboxylic acids is 3. The lowest BCUT2D eigenvalue weighted by atomic mass is 9.81. The van der Waals surface area contributed by atoms with Crippen molar-refractivity contribution in [2.45, 2.75) is 52.9 Å². The van der Waals surface area contributed by atoms with Gasteiger partial charge in [0.05, 0.1) is 11.8 Å². The largest absolute Gasteiger partial charge is 0.326 e. The number of rotatable bonds is 4. The summed E-state index contributed by atoms with van der Waals surface area (Å²) in [6, 6.07) is 4.06. The highest BCUT2D eigenvalue weighted by molar-refractivity contribution is 6.05. The van der Waals surface area contributed by atoms with Crippen molar-refractivity contribution < 1.29 is 14.4 Å². The second kappa shape index (κ2) is 6.98. The highest BCUT2D eigenvalue weighted by atomic mass is 16.2. The molecular weight excluding hydrogens is 316 g/mol. The van der Waals surface area contributed by atoms with E-state index >= 15 is 0 Å². The monoisotopic (exact) mass is 342 g/mol. The summed E-state index contributed by atoms with van der Waals surface area (Å²) in [6.45, 7) is 6.14. The molecule has 1 aliphatic heterocycles. The first-order valence-electron chi connectivity index (χ1n) is 9.11. The Bertz CT molecular complexity index is 679. The van der Waals surface area contributed by atoms with Crippen LogP contribution in [0.1, 0.15) is 48.8 Å². The quantitative estimate of drug-likeness (QED) is 0.855. The smallest absolute Gasteiger partial charge is 0.233 e. The molecule has 3 rings (SSSR count). The Hall–Kier alpha value is -2.17. The zero-order chi connectivity index (χ0) is 18.1. The van der Waals surface area contributed by atoms with Gasteiger partial charge in [0.15, 0.2) is 0 Å². The van der Waals surface area contributed by atoms with E-state index in [9.17, 15) is 14.4 Å². The molecule has 2 aliphatic rings. The van der Waals surface area contributed by atoms with Crippen molar-refractivity contribution in [3.8, 4) is 0 Å². The van der Waals surface area contributed by atoms with E-state index in [2.05, 4.69) is 5.32 Å². The molecule has 0 spiro atoms. The van der Waals surface area contributed by atoms with Crippen LogP contribution in [0.2, 0.25) is 0 Å². The Labute approximate surface area is 148 Å². The predicted molar refractivity (Wildman–Crippen MR) is 96.1 cm³/mol. The number of aryl methyl sites for hydroxylation is 3. The number of imide groups is 1. The molecule has 0 aromatic heterocycles. The van der Waals surface area contributed by atoms with Crippen LogP contribution >= 0.6 is 0 Å². The van der Waals surface area contributed by atoms with Crippen LogP contribution in [-0.2, 0) is 14.4 Å². The molecule has 0 unspecified atom stereocenters. The van der Waals surface area contributed by atoms with Crippen molar-refractivity contribution in [2.24, 2.45) is 11.8 Å². The van der Waals surface area contributed by atoms with Crippen molar-refractivity contribution >= 4 is 23.4 Å². The fraction of sp³-hybridized carbons (Fsp3) is 0.550. The van der Waals surface area contributed by atoms with Gasteiger partial charge in [-0.25, -0.2) is 0 Å². The first kappa shape index (κ1) is 17.6. The fourth-order valence-electron chi connectivity index (χ4n) is 4.24. The Kier molecular flexibility index (Phi) is 4.93. The molecule has 3 amide bonds. The molecule has 0 radical (unpaired) electrons. The van der Waals surface area contributed by atoms with Gasteiger partial charge in [0, 0.05) is 18.7 Å². The van der Waals surface area contributed by atoms with Gasteiger partial charge < -0.3 is 5.32 Å². The Morgan fingerprint density at radius 1 is 1.04 bits per heavy atom. The molecule has 1 aliphatic carbocycles. The van der Waals surface area contributed by atoms with Crippen LogP contribution in [0.5, 0.6) is 0 Å². The van der Waals surface area contributed by atoms with Gasteiger partial charge in [-0.15, -0.1) is 0 Å². The summed E-state index contributed by atoms with van der Waals surface area (Å²) >= 11 is 0. The Balaban J connectivity index is 1.61. The van der Waals surface area contributed by atoms with Crippen LogP contribution in [0.3, 0.4) is 0 Å². The molecule has 25 heavy (non-hydrogen) atoms. The number of anilines is 1. The van der Waals surface area contributed by atoms with E-state index < -0.39 is 0 Å². The maximum Gasteiger partial charge on any atom is 0.233 e. The van der Waals surface area contributed by atoms with E-state index in [1.807, 2.05) is 32.9 Å². The van der Waals surface area contributed by atoms with Crippen LogP contribution in [0.15, 0.2) is 12.1 Å².